The van der Waals surface area contributed by atoms with E-state index in [4.69, 9.17) is 4.74 Å². The fourth-order valence-electron chi connectivity index (χ4n) is 1.61. The third-order valence-corrected chi connectivity index (χ3v) is 2.67. The van der Waals surface area contributed by atoms with Crippen molar-refractivity contribution in [2.45, 2.75) is 6.92 Å². The minimum Gasteiger partial charge on any atom is -0.497 e. The summed E-state index contributed by atoms with van der Waals surface area (Å²) in [6, 6.07) is 7.92. The highest BCUT2D eigenvalue weighted by molar-refractivity contribution is 5.69. The molecule has 0 spiro atoms. The highest BCUT2D eigenvalue weighted by Gasteiger charge is 2.04. The fraction of sp³-hybridized carbons (Fsp3) is 0.143. The Morgan fingerprint density at radius 1 is 1.12 bits per heavy atom. The molecule has 2 heteroatoms. The molecule has 0 saturated heterocycles. The lowest BCUT2D eigenvalue weighted by Gasteiger charge is -2.08. The van der Waals surface area contributed by atoms with Crippen LogP contribution in [0.5, 0.6) is 5.75 Å². The molecule has 2 nitrogen and oxygen atoms in total. The third-order valence-electron chi connectivity index (χ3n) is 2.67. The Hall–Kier alpha value is -1.83. The van der Waals surface area contributed by atoms with Gasteiger partial charge in [-0.3, -0.25) is 4.98 Å². The quantitative estimate of drug-likeness (QED) is 0.762. The van der Waals surface area contributed by atoms with Gasteiger partial charge in [-0.2, -0.15) is 0 Å². The Morgan fingerprint density at radius 3 is 2.44 bits per heavy atom. The summed E-state index contributed by atoms with van der Waals surface area (Å²) in [5.41, 5.74) is 4.32. The van der Waals surface area contributed by atoms with Crippen LogP contribution >= 0.6 is 0 Å². The molecular weight excluding hydrogens is 198 g/mol. The van der Waals surface area contributed by atoms with Crippen LogP contribution in [0.1, 0.15) is 11.1 Å². The number of ether oxygens (including phenoxy) is 1. The monoisotopic (exact) mass is 212 g/mol. The summed E-state index contributed by atoms with van der Waals surface area (Å²) in [5.74, 6) is 0.856. The van der Waals surface area contributed by atoms with Crippen LogP contribution in [0.25, 0.3) is 11.1 Å². The van der Waals surface area contributed by atoms with Crippen LogP contribution < -0.4 is 4.74 Å². The standard InChI is InChI=1S/C14H14NO/c1-10-8-15-9-14(11(10)2)12-4-6-13(16-3)7-5-12/h4-9H,2H2,1,3H3. The van der Waals surface area contributed by atoms with Gasteiger partial charge in [0.2, 0.25) is 0 Å². The maximum absolute atomic E-state index is 5.13. The van der Waals surface area contributed by atoms with E-state index in [2.05, 4.69) is 11.9 Å². The Bertz CT molecular complexity index is 489. The zero-order valence-electron chi connectivity index (χ0n) is 9.53. The van der Waals surface area contributed by atoms with Crippen molar-refractivity contribution in [2.75, 3.05) is 7.11 Å². The molecule has 81 valence electrons. The molecule has 0 saturated carbocycles. The Balaban J connectivity index is 2.46. The van der Waals surface area contributed by atoms with Crippen LogP contribution in [-0.2, 0) is 0 Å². The molecule has 1 aromatic carbocycles. The molecular formula is C14H14NO. The van der Waals surface area contributed by atoms with Crippen LogP contribution in [-0.4, -0.2) is 12.1 Å². The Labute approximate surface area is 95.9 Å². The summed E-state index contributed by atoms with van der Waals surface area (Å²) in [7, 11) is 1.66. The van der Waals surface area contributed by atoms with Gasteiger partial charge in [0, 0.05) is 18.0 Å². The average molecular weight is 212 g/mol. The van der Waals surface area contributed by atoms with Gasteiger partial charge in [-0.05, 0) is 42.7 Å². The molecule has 0 N–H and O–H groups in total. The smallest absolute Gasteiger partial charge is 0.118 e. The number of methoxy groups -OCH3 is 1. The highest BCUT2D eigenvalue weighted by atomic mass is 16.5. The summed E-state index contributed by atoms with van der Waals surface area (Å²) in [6.45, 7) is 6.08. The van der Waals surface area contributed by atoms with Crippen LogP contribution in [0, 0.1) is 13.8 Å². The second kappa shape index (κ2) is 4.35. The SMILES string of the molecule is [CH2]c1c(C)cncc1-c1ccc(OC)cc1. The lowest BCUT2D eigenvalue weighted by molar-refractivity contribution is 0.415. The second-order valence-electron chi connectivity index (χ2n) is 3.71. The molecule has 16 heavy (non-hydrogen) atoms. The zero-order valence-corrected chi connectivity index (χ0v) is 9.53. The van der Waals surface area contributed by atoms with Crippen LogP contribution in [0.2, 0.25) is 0 Å². The number of nitrogens with zero attached hydrogens (tertiary/aromatic N) is 1. The van der Waals surface area contributed by atoms with Gasteiger partial charge in [0.15, 0.2) is 0 Å². The number of aromatic nitrogens is 1. The molecule has 0 aliphatic heterocycles. The van der Waals surface area contributed by atoms with Gasteiger partial charge in [-0.1, -0.05) is 12.1 Å². The Morgan fingerprint density at radius 2 is 1.81 bits per heavy atom. The molecule has 0 fully saturated rings. The average Bonchev–Trinajstić information content (AvgIpc) is 2.33. The van der Waals surface area contributed by atoms with Crippen LogP contribution in [0.15, 0.2) is 36.7 Å². The van der Waals surface area contributed by atoms with Crippen molar-refractivity contribution in [2.24, 2.45) is 0 Å². The van der Waals surface area contributed by atoms with Crippen molar-refractivity contribution in [3.8, 4) is 16.9 Å². The molecule has 2 aromatic rings. The first-order valence-corrected chi connectivity index (χ1v) is 5.13. The van der Waals surface area contributed by atoms with E-state index in [1.54, 1.807) is 7.11 Å². The summed E-state index contributed by atoms with van der Waals surface area (Å²) < 4.78 is 5.13. The summed E-state index contributed by atoms with van der Waals surface area (Å²) in [4.78, 5) is 4.19. The summed E-state index contributed by atoms with van der Waals surface area (Å²) in [5, 5.41) is 0. The van der Waals surface area contributed by atoms with Crippen molar-refractivity contribution in [1.82, 2.24) is 4.98 Å². The topological polar surface area (TPSA) is 22.1 Å². The van der Waals surface area contributed by atoms with Gasteiger partial charge < -0.3 is 4.74 Å². The lowest BCUT2D eigenvalue weighted by atomic mass is 10.0. The van der Waals surface area contributed by atoms with Crippen LogP contribution in [0.3, 0.4) is 0 Å². The predicted octanol–water partition coefficient (Wildman–Crippen LogP) is 3.25. The van der Waals surface area contributed by atoms with Gasteiger partial charge >= 0.3 is 0 Å². The third kappa shape index (κ3) is 1.91. The number of benzene rings is 1. The van der Waals surface area contributed by atoms with E-state index in [1.807, 2.05) is 43.6 Å². The summed E-state index contributed by atoms with van der Waals surface area (Å²) in [6.07, 6.45) is 3.67. The van der Waals surface area contributed by atoms with Crippen molar-refractivity contribution in [3.05, 3.63) is 54.7 Å². The highest BCUT2D eigenvalue weighted by Crippen LogP contribution is 2.25. The number of hydrogen-bond donors (Lipinski definition) is 0. The molecule has 1 aromatic heterocycles. The number of pyridine rings is 1. The molecule has 0 bridgehead atoms. The molecule has 1 heterocycles. The van der Waals surface area contributed by atoms with Gasteiger partial charge in [0.25, 0.3) is 0 Å². The van der Waals surface area contributed by atoms with E-state index >= 15 is 0 Å². The van der Waals surface area contributed by atoms with E-state index in [-0.39, 0.29) is 0 Å². The number of hydrogen-bond acceptors (Lipinski definition) is 2. The molecule has 0 unspecified atom stereocenters. The first kappa shape index (κ1) is 10.7. The normalized spacial score (nSPS) is 10.2. The minimum absolute atomic E-state index is 0.856. The van der Waals surface area contributed by atoms with Gasteiger partial charge in [-0.25, -0.2) is 0 Å². The van der Waals surface area contributed by atoms with Gasteiger partial charge in [0.05, 0.1) is 7.11 Å². The zero-order chi connectivity index (χ0) is 11.5. The lowest BCUT2D eigenvalue weighted by Crippen LogP contribution is -1.89. The van der Waals surface area contributed by atoms with Crippen molar-refractivity contribution >= 4 is 0 Å². The maximum atomic E-state index is 5.13. The van der Waals surface area contributed by atoms with E-state index in [9.17, 15) is 0 Å². The molecule has 0 amide bonds. The second-order valence-corrected chi connectivity index (χ2v) is 3.71. The number of rotatable bonds is 2. The van der Waals surface area contributed by atoms with E-state index in [0.717, 1.165) is 28.0 Å². The number of aryl methyl sites for hydroxylation is 1. The van der Waals surface area contributed by atoms with E-state index < -0.39 is 0 Å². The van der Waals surface area contributed by atoms with Gasteiger partial charge in [0.1, 0.15) is 5.75 Å². The first-order chi connectivity index (χ1) is 7.72. The summed E-state index contributed by atoms with van der Waals surface area (Å²) >= 11 is 0. The van der Waals surface area contributed by atoms with E-state index in [0.29, 0.717) is 0 Å². The first-order valence-electron chi connectivity index (χ1n) is 5.13. The van der Waals surface area contributed by atoms with Crippen molar-refractivity contribution in [1.29, 1.82) is 0 Å². The molecule has 0 aliphatic rings. The molecule has 2 rings (SSSR count). The van der Waals surface area contributed by atoms with Gasteiger partial charge in [-0.15, -0.1) is 0 Å². The Kier molecular flexibility index (Phi) is 2.91. The van der Waals surface area contributed by atoms with Crippen molar-refractivity contribution in [3.63, 3.8) is 0 Å². The molecule has 0 atom stereocenters. The van der Waals surface area contributed by atoms with Crippen LogP contribution in [0.4, 0.5) is 0 Å². The molecule has 1 radical (unpaired) electrons. The van der Waals surface area contributed by atoms with E-state index in [1.165, 1.54) is 0 Å². The maximum Gasteiger partial charge on any atom is 0.118 e. The minimum atomic E-state index is 0.856. The largest absolute Gasteiger partial charge is 0.497 e. The van der Waals surface area contributed by atoms with Crippen molar-refractivity contribution < 1.29 is 4.74 Å². The predicted molar refractivity (Wildman–Crippen MR) is 65.4 cm³/mol. The fourth-order valence-corrected chi connectivity index (χ4v) is 1.61. The molecule has 0 aliphatic carbocycles.